The van der Waals surface area contributed by atoms with E-state index in [0.717, 1.165) is 25.2 Å². The highest BCUT2D eigenvalue weighted by molar-refractivity contribution is 6.33. The molecule has 19 heavy (non-hydrogen) atoms. The largest absolute Gasteiger partial charge is 0.366 e. The molecule has 3 heteroatoms. The number of halogens is 1. The Morgan fingerprint density at radius 3 is 2.53 bits per heavy atom. The van der Waals surface area contributed by atoms with Crippen LogP contribution in [0.3, 0.4) is 0 Å². The van der Waals surface area contributed by atoms with E-state index in [4.69, 9.17) is 16.9 Å². The monoisotopic (exact) mass is 274 g/mol. The van der Waals surface area contributed by atoms with Gasteiger partial charge in [0, 0.05) is 13.1 Å². The van der Waals surface area contributed by atoms with Gasteiger partial charge in [0.2, 0.25) is 0 Å². The first-order valence-corrected chi connectivity index (χ1v) is 6.94. The molecule has 1 aliphatic heterocycles. The second-order valence-electron chi connectivity index (χ2n) is 5.95. The van der Waals surface area contributed by atoms with Gasteiger partial charge in [0.25, 0.3) is 0 Å². The maximum Gasteiger partial charge on any atom is 0.0992 e. The van der Waals surface area contributed by atoms with E-state index in [9.17, 15) is 0 Å². The Morgan fingerprint density at radius 1 is 1.32 bits per heavy atom. The van der Waals surface area contributed by atoms with E-state index >= 15 is 0 Å². The van der Waals surface area contributed by atoms with Gasteiger partial charge < -0.3 is 4.90 Å². The van der Waals surface area contributed by atoms with Gasteiger partial charge in [-0.1, -0.05) is 44.0 Å². The van der Waals surface area contributed by atoms with Gasteiger partial charge in [0.15, 0.2) is 0 Å². The summed E-state index contributed by atoms with van der Waals surface area (Å²) in [4.78, 5) is 2.26. The summed E-state index contributed by atoms with van der Waals surface area (Å²) in [5, 5.41) is 9.51. The standard InChI is InChI=1S/C16H19ClN2/c1-16(2,3)13-6-8-19(9-7-13)15-5-4-12(11-18)10-14(15)17/h4-6,10H,7-9H2,1-3H3. The highest BCUT2D eigenvalue weighted by atomic mass is 35.5. The van der Waals surface area contributed by atoms with Crippen molar-refractivity contribution in [1.29, 1.82) is 5.26 Å². The molecule has 1 aliphatic rings. The third-order valence-electron chi connectivity index (χ3n) is 3.59. The molecular weight excluding hydrogens is 256 g/mol. The predicted octanol–water partition coefficient (Wildman–Crippen LogP) is 4.39. The second-order valence-corrected chi connectivity index (χ2v) is 6.36. The van der Waals surface area contributed by atoms with Gasteiger partial charge in [0.1, 0.15) is 0 Å². The highest BCUT2D eigenvalue weighted by Gasteiger charge is 2.22. The number of anilines is 1. The first kappa shape index (κ1) is 14.0. The minimum absolute atomic E-state index is 0.251. The first-order chi connectivity index (χ1) is 8.91. The molecule has 1 aromatic rings. The molecule has 0 N–H and O–H groups in total. The van der Waals surface area contributed by atoms with Crippen LogP contribution in [-0.4, -0.2) is 13.1 Å². The number of nitrogens with zero attached hydrogens (tertiary/aromatic N) is 2. The molecule has 0 atom stereocenters. The molecule has 0 unspecified atom stereocenters. The summed E-state index contributed by atoms with van der Waals surface area (Å²) in [7, 11) is 0. The van der Waals surface area contributed by atoms with Gasteiger partial charge in [-0.05, 0) is 30.0 Å². The molecule has 1 heterocycles. The maximum atomic E-state index is 8.86. The summed E-state index contributed by atoms with van der Waals surface area (Å²) >= 11 is 6.25. The Kier molecular flexibility index (Phi) is 3.87. The van der Waals surface area contributed by atoms with Crippen LogP contribution in [0.2, 0.25) is 5.02 Å². The Hall–Kier alpha value is -1.46. The van der Waals surface area contributed by atoms with Crippen molar-refractivity contribution in [3.05, 3.63) is 40.4 Å². The number of hydrogen-bond acceptors (Lipinski definition) is 2. The van der Waals surface area contributed by atoms with Crippen LogP contribution >= 0.6 is 11.6 Å². The fraction of sp³-hybridized carbons (Fsp3) is 0.438. The van der Waals surface area contributed by atoms with E-state index in [-0.39, 0.29) is 5.41 Å². The predicted molar refractivity (Wildman–Crippen MR) is 80.5 cm³/mol. The Bertz CT molecular complexity index is 547. The zero-order valence-corrected chi connectivity index (χ0v) is 12.5. The summed E-state index contributed by atoms with van der Waals surface area (Å²) in [5.41, 5.74) is 3.38. The fourth-order valence-corrected chi connectivity index (χ4v) is 2.70. The summed E-state index contributed by atoms with van der Waals surface area (Å²) in [6.07, 6.45) is 3.37. The molecule has 0 saturated heterocycles. The molecule has 0 fully saturated rings. The van der Waals surface area contributed by atoms with E-state index in [1.165, 1.54) is 5.57 Å². The van der Waals surface area contributed by atoms with Crippen molar-refractivity contribution >= 4 is 17.3 Å². The first-order valence-electron chi connectivity index (χ1n) is 6.56. The zero-order chi connectivity index (χ0) is 14.0. The van der Waals surface area contributed by atoms with Crippen LogP contribution in [-0.2, 0) is 0 Å². The molecule has 0 aromatic heterocycles. The molecule has 0 radical (unpaired) electrons. The van der Waals surface area contributed by atoms with Crippen molar-refractivity contribution in [2.45, 2.75) is 27.2 Å². The van der Waals surface area contributed by atoms with Crippen LogP contribution in [0.5, 0.6) is 0 Å². The van der Waals surface area contributed by atoms with Crippen LogP contribution < -0.4 is 4.90 Å². The summed E-state index contributed by atoms with van der Waals surface area (Å²) in [5.74, 6) is 0. The molecule has 2 rings (SSSR count). The number of nitriles is 1. The molecule has 0 amide bonds. The smallest absolute Gasteiger partial charge is 0.0992 e. The van der Waals surface area contributed by atoms with Gasteiger partial charge in [-0.15, -0.1) is 0 Å². The third kappa shape index (κ3) is 3.11. The summed E-state index contributed by atoms with van der Waals surface area (Å²) in [6.45, 7) is 8.63. The van der Waals surface area contributed by atoms with Crippen LogP contribution in [0, 0.1) is 16.7 Å². The van der Waals surface area contributed by atoms with Crippen LogP contribution in [0.25, 0.3) is 0 Å². The second kappa shape index (κ2) is 5.27. The molecule has 1 aromatic carbocycles. The van der Waals surface area contributed by atoms with E-state index < -0.39 is 0 Å². The van der Waals surface area contributed by atoms with Crippen LogP contribution in [0.15, 0.2) is 29.8 Å². The minimum atomic E-state index is 0.251. The SMILES string of the molecule is CC(C)(C)C1=CCN(c2ccc(C#N)cc2Cl)CC1. The van der Waals surface area contributed by atoms with E-state index in [1.54, 1.807) is 6.07 Å². The molecule has 0 bridgehead atoms. The minimum Gasteiger partial charge on any atom is -0.366 e. The lowest BCUT2D eigenvalue weighted by molar-refractivity contribution is 0.472. The van der Waals surface area contributed by atoms with E-state index in [0.29, 0.717) is 10.6 Å². The summed E-state index contributed by atoms with van der Waals surface area (Å²) in [6, 6.07) is 7.61. The Morgan fingerprint density at radius 2 is 2.05 bits per heavy atom. The number of hydrogen-bond donors (Lipinski definition) is 0. The lowest BCUT2D eigenvalue weighted by Crippen LogP contribution is -2.31. The van der Waals surface area contributed by atoms with Crippen molar-refractivity contribution in [2.24, 2.45) is 5.41 Å². The lowest BCUT2D eigenvalue weighted by Gasteiger charge is -2.33. The lowest BCUT2D eigenvalue weighted by atomic mass is 9.83. The average molecular weight is 275 g/mol. The normalized spacial score (nSPS) is 15.9. The van der Waals surface area contributed by atoms with Crippen molar-refractivity contribution in [3.63, 3.8) is 0 Å². The molecule has 0 saturated carbocycles. The van der Waals surface area contributed by atoms with Crippen molar-refractivity contribution in [1.82, 2.24) is 0 Å². The quantitative estimate of drug-likeness (QED) is 0.710. The van der Waals surface area contributed by atoms with Crippen molar-refractivity contribution in [2.75, 3.05) is 18.0 Å². The van der Waals surface area contributed by atoms with Crippen LogP contribution in [0.4, 0.5) is 5.69 Å². The molecule has 2 nitrogen and oxygen atoms in total. The van der Waals surface area contributed by atoms with Gasteiger partial charge in [0.05, 0.1) is 22.3 Å². The third-order valence-corrected chi connectivity index (χ3v) is 3.89. The molecule has 100 valence electrons. The number of rotatable bonds is 1. The maximum absolute atomic E-state index is 8.86. The van der Waals surface area contributed by atoms with Crippen molar-refractivity contribution in [3.8, 4) is 6.07 Å². The molecule has 0 aliphatic carbocycles. The molecule has 0 spiro atoms. The van der Waals surface area contributed by atoms with Crippen LogP contribution in [0.1, 0.15) is 32.8 Å². The Labute approximate surface area is 120 Å². The average Bonchev–Trinajstić information content (AvgIpc) is 2.37. The topological polar surface area (TPSA) is 27.0 Å². The zero-order valence-electron chi connectivity index (χ0n) is 11.7. The van der Waals surface area contributed by atoms with Gasteiger partial charge in [-0.3, -0.25) is 0 Å². The van der Waals surface area contributed by atoms with E-state index in [1.807, 2.05) is 12.1 Å². The Balaban J connectivity index is 2.19. The molecular formula is C16H19ClN2. The van der Waals surface area contributed by atoms with Gasteiger partial charge in [-0.2, -0.15) is 5.26 Å². The van der Waals surface area contributed by atoms with Gasteiger partial charge >= 0.3 is 0 Å². The summed E-state index contributed by atoms with van der Waals surface area (Å²) < 4.78 is 0. The van der Waals surface area contributed by atoms with Crippen molar-refractivity contribution < 1.29 is 0 Å². The fourth-order valence-electron chi connectivity index (χ4n) is 2.40. The van der Waals surface area contributed by atoms with E-state index in [2.05, 4.69) is 37.8 Å². The van der Waals surface area contributed by atoms with Gasteiger partial charge in [-0.25, -0.2) is 0 Å². The highest BCUT2D eigenvalue weighted by Crippen LogP contribution is 2.33. The number of benzene rings is 1.